The summed E-state index contributed by atoms with van der Waals surface area (Å²) < 4.78 is 23.8. The van der Waals surface area contributed by atoms with Crippen LogP contribution >= 0.6 is 0 Å². The smallest absolute Gasteiger partial charge is 0.224 e. The van der Waals surface area contributed by atoms with Crippen molar-refractivity contribution in [3.63, 3.8) is 0 Å². The Morgan fingerprint density at radius 2 is 2.10 bits per heavy atom. The summed E-state index contributed by atoms with van der Waals surface area (Å²) in [6.45, 7) is 2.50. The molecule has 0 spiro atoms. The van der Waals surface area contributed by atoms with Crippen LogP contribution in [0.25, 0.3) is 0 Å². The van der Waals surface area contributed by atoms with Gasteiger partial charge in [-0.05, 0) is 30.7 Å². The van der Waals surface area contributed by atoms with Crippen LogP contribution in [0.15, 0.2) is 53.2 Å². The predicted molar refractivity (Wildman–Crippen MR) is 103 cm³/mol. The van der Waals surface area contributed by atoms with E-state index >= 15 is 0 Å². The molecule has 0 atom stereocenters. The molecule has 10 heteroatoms. The van der Waals surface area contributed by atoms with Crippen LogP contribution in [0.1, 0.15) is 17.0 Å². The third-order valence-corrected chi connectivity index (χ3v) is 3.85. The molecule has 0 aliphatic carbocycles. The average molecular weight is 395 g/mol. The van der Waals surface area contributed by atoms with Crippen molar-refractivity contribution < 1.29 is 13.7 Å². The lowest BCUT2D eigenvalue weighted by Crippen LogP contribution is -2.05. The molecule has 0 saturated heterocycles. The zero-order chi connectivity index (χ0) is 20.1. The maximum atomic E-state index is 13.2. The molecule has 0 saturated carbocycles. The molecule has 3 aromatic heterocycles. The molecule has 0 unspecified atom stereocenters. The molecule has 4 aromatic rings. The number of benzene rings is 1. The number of aromatic amines is 1. The van der Waals surface area contributed by atoms with Gasteiger partial charge in [0.1, 0.15) is 29.7 Å². The molecule has 3 heterocycles. The van der Waals surface area contributed by atoms with E-state index in [2.05, 4.69) is 36.0 Å². The molecular weight excluding hydrogens is 377 g/mol. The Hall–Kier alpha value is -3.95. The van der Waals surface area contributed by atoms with Gasteiger partial charge in [0.15, 0.2) is 5.82 Å². The average Bonchev–Trinajstić information content (AvgIpc) is 3.34. The number of anilines is 3. The molecule has 148 valence electrons. The summed E-state index contributed by atoms with van der Waals surface area (Å²) in [5.74, 6) is 2.41. The van der Waals surface area contributed by atoms with Gasteiger partial charge in [0.25, 0.3) is 0 Å². The second-order valence-electron chi connectivity index (χ2n) is 6.21. The van der Waals surface area contributed by atoms with Crippen molar-refractivity contribution in [2.24, 2.45) is 0 Å². The van der Waals surface area contributed by atoms with E-state index in [4.69, 9.17) is 9.26 Å². The Balaban J connectivity index is 1.33. The fourth-order valence-corrected chi connectivity index (χ4v) is 2.55. The molecule has 1 aromatic carbocycles. The number of nitrogens with zero attached hydrogens (tertiary/aromatic N) is 4. The molecule has 4 rings (SSSR count). The molecule has 0 aliphatic heterocycles. The minimum atomic E-state index is -0.301. The van der Waals surface area contributed by atoms with E-state index in [1.54, 1.807) is 30.5 Å². The summed E-state index contributed by atoms with van der Waals surface area (Å²) in [4.78, 5) is 8.55. The van der Waals surface area contributed by atoms with Crippen molar-refractivity contribution in [3.05, 3.63) is 71.5 Å². The van der Waals surface area contributed by atoms with Crippen molar-refractivity contribution in [3.8, 4) is 5.88 Å². The predicted octanol–water partition coefficient (Wildman–Crippen LogP) is 3.57. The second kappa shape index (κ2) is 8.38. The number of halogens is 1. The summed E-state index contributed by atoms with van der Waals surface area (Å²) in [5, 5.41) is 17.0. The van der Waals surface area contributed by atoms with Gasteiger partial charge in [-0.15, -0.1) is 0 Å². The Labute approximate surface area is 165 Å². The van der Waals surface area contributed by atoms with Crippen molar-refractivity contribution in [1.82, 2.24) is 25.3 Å². The molecule has 3 N–H and O–H groups in total. The summed E-state index contributed by atoms with van der Waals surface area (Å²) >= 11 is 0. The first-order chi connectivity index (χ1) is 14.1. The monoisotopic (exact) mass is 395 g/mol. The summed E-state index contributed by atoms with van der Waals surface area (Å²) in [5.41, 5.74) is 1.49. The Morgan fingerprint density at radius 3 is 2.93 bits per heavy atom. The molecular formula is C19H18FN7O2. The van der Waals surface area contributed by atoms with Crippen molar-refractivity contribution in [2.75, 3.05) is 10.6 Å². The van der Waals surface area contributed by atoms with E-state index in [9.17, 15) is 4.39 Å². The largest absolute Gasteiger partial charge is 0.473 e. The molecule has 29 heavy (non-hydrogen) atoms. The van der Waals surface area contributed by atoms with Gasteiger partial charge in [-0.1, -0.05) is 17.3 Å². The van der Waals surface area contributed by atoms with Crippen LogP contribution in [-0.4, -0.2) is 25.3 Å². The highest BCUT2D eigenvalue weighted by Crippen LogP contribution is 2.18. The fourth-order valence-electron chi connectivity index (χ4n) is 2.55. The molecule has 9 nitrogen and oxygen atoms in total. The van der Waals surface area contributed by atoms with E-state index < -0.39 is 0 Å². The van der Waals surface area contributed by atoms with Crippen molar-refractivity contribution in [1.29, 1.82) is 0 Å². The third kappa shape index (κ3) is 5.06. The van der Waals surface area contributed by atoms with Crippen LogP contribution in [-0.2, 0) is 13.2 Å². The Bertz CT molecular complexity index is 1100. The maximum absolute atomic E-state index is 13.2. The van der Waals surface area contributed by atoms with E-state index in [0.717, 1.165) is 17.0 Å². The third-order valence-electron chi connectivity index (χ3n) is 3.85. The van der Waals surface area contributed by atoms with E-state index in [0.29, 0.717) is 30.0 Å². The van der Waals surface area contributed by atoms with E-state index in [1.165, 1.54) is 12.1 Å². The molecule has 0 amide bonds. The highest BCUT2D eigenvalue weighted by molar-refractivity contribution is 5.53. The minimum absolute atomic E-state index is 0.225. The van der Waals surface area contributed by atoms with Gasteiger partial charge in [-0.25, -0.2) is 14.5 Å². The standard InChI is InChI=1S/C19H18FN7O2/c1-12-7-15(27-29-12)10-22-19-21-6-5-16(24-19)23-17-9-18(26-25-17)28-11-13-3-2-4-14(20)8-13/h2-9H,10-11H2,1H3,(H3,21,22,23,24,25,26). The van der Waals surface area contributed by atoms with Crippen molar-refractivity contribution in [2.45, 2.75) is 20.1 Å². The van der Waals surface area contributed by atoms with Gasteiger partial charge >= 0.3 is 0 Å². The Morgan fingerprint density at radius 1 is 1.17 bits per heavy atom. The highest BCUT2D eigenvalue weighted by Gasteiger charge is 2.06. The number of rotatable bonds is 8. The lowest BCUT2D eigenvalue weighted by molar-refractivity contribution is 0.293. The lowest BCUT2D eigenvalue weighted by Gasteiger charge is -2.05. The second-order valence-corrected chi connectivity index (χ2v) is 6.21. The number of H-pyrrole nitrogens is 1. The first-order valence-corrected chi connectivity index (χ1v) is 8.83. The Kier molecular flexibility index (Phi) is 5.32. The number of ether oxygens (including phenoxy) is 1. The SMILES string of the molecule is Cc1cc(CNc2nccc(Nc3cc(OCc4cccc(F)c4)[nH]n3)n2)no1. The van der Waals surface area contributed by atoms with Crippen molar-refractivity contribution >= 4 is 17.6 Å². The van der Waals surface area contributed by atoms with Crippen LogP contribution < -0.4 is 15.4 Å². The van der Waals surface area contributed by atoms with Crippen LogP contribution in [0.2, 0.25) is 0 Å². The number of hydrogen-bond acceptors (Lipinski definition) is 8. The summed E-state index contributed by atoms with van der Waals surface area (Å²) in [7, 11) is 0. The minimum Gasteiger partial charge on any atom is -0.473 e. The van der Waals surface area contributed by atoms with E-state index in [1.807, 2.05) is 13.0 Å². The quantitative estimate of drug-likeness (QED) is 0.415. The number of aryl methyl sites for hydroxylation is 1. The zero-order valence-electron chi connectivity index (χ0n) is 15.5. The van der Waals surface area contributed by atoms with Crippen LogP contribution in [0, 0.1) is 12.7 Å². The fraction of sp³-hybridized carbons (Fsp3) is 0.158. The van der Waals surface area contributed by atoms with Gasteiger partial charge in [0.2, 0.25) is 11.8 Å². The van der Waals surface area contributed by atoms with E-state index in [-0.39, 0.29) is 12.4 Å². The maximum Gasteiger partial charge on any atom is 0.224 e. The van der Waals surface area contributed by atoms with Gasteiger partial charge in [-0.2, -0.15) is 10.1 Å². The van der Waals surface area contributed by atoms with Gasteiger partial charge in [0.05, 0.1) is 6.54 Å². The van der Waals surface area contributed by atoms with Crippen LogP contribution in [0.5, 0.6) is 5.88 Å². The van der Waals surface area contributed by atoms with Gasteiger partial charge in [0, 0.05) is 18.3 Å². The van der Waals surface area contributed by atoms with Crippen LogP contribution in [0.4, 0.5) is 22.0 Å². The number of hydrogen-bond donors (Lipinski definition) is 3. The van der Waals surface area contributed by atoms with Crippen LogP contribution in [0.3, 0.4) is 0 Å². The molecule has 0 bridgehead atoms. The number of aromatic nitrogens is 5. The normalized spacial score (nSPS) is 10.7. The first kappa shape index (κ1) is 18.4. The zero-order valence-corrected chi connectivity index (χ0v) is 15.5. The summed E-state index contributed by atoms with van der Waals surface area (Å²) in [6.07, 6.45) is 1.62. The molecule has 0 fully saturated rings. The van der Waals surface area contributed by atoms with Gasteiger partial charge < -0.3 is 19.9 Å². The van der Waals surface area contributed by atoms with Gasteiger partial charge in [-0.3, -0.25) is 0 Å². The highest BCUT2D eigenvalue weighted by atomic mass is 19.1. The molecule has 0 radical (unpaired) electrons. The number of nitrogens with one attached hydrogen (secondary N) is 3. The first-order valence-electron chi connectivity index (χ1n) is 8.83. The lowest BCUT2D eigenvalue weighted by atomic mass is 10.2. The molecule has 0 aliphatic rings. The summed E-state index contributed by atoms with van der Waals surface area (Å²) in [6, 6.07) is 11.5. The topological polar surface area (TPSA) is 114 Å².